The van der Waals surface area contributed by atoms with Gasteiger partial charge < -0.3 is 24.4 Å². The van der Waals surface area contributed by atoms with Crippen molar-refractivity contribution in [2.24, 2.45) is 10.9 Å². The molecule has 1 N–H and O–H groups in total. The van der Waals surface area contributed by atoms with Gasteiger partial charge in [0.25, 0.3) is 0 Å². The minimum Gasteiger partial charge on any atom is -0.493 e. The van der Waals surface area contributed by atoms with Crippen LogP contribution in [0.15, 0.2) is 23.2 Å². The van der Waals surface area contributed by atoms with Gasteiger partial charge in [0.15, 0.2) is 17.5 Å². The first kappa shape index (κ1) is 22.8. The highest BCUT2D eigenvalue weighted by molar-refractivity contribution is 5.80. The highest BCUT2D eigenvalue weighted by Gasteiger charge is 2.26. The minimum atomic E-state index is -0.0995. The second kappa shape index (κ2) is 12.2. The van der Waals surface area contributed by atoms with E-state index in [9.17, 15) is 4.79 Å². The minimum absolute atomic E-state index is 0.00809. The standard InChI is InChI=1S/C22H35N3O4/c1-5-23-22(25-14-11-18(12-15-25)21(26)28-4)24-13-7-8-17-9-10-19(27-3)20(16-17)29-6-2/h9-10,16,18H,5-8,11-15H2,1-4H3,(H,23,24). The maximum absolute atomic E-state index is 11.7. The van der Waals surface area contributed by atoms with Crippen molar-refractivity contribution < 1.29 is 19.0 Å². The van der Waals surface area contributed by atoms with Gasteiger partial charge in [0.1, 0.15) is 0 Å². The largest absolute Gasteiger partial charge is 0.493 e. The second-order valence-electron chi connectivity index (χ2n) is 7.04. The molecule has 1 aliphatic rings. The molecule has 0 spiro atoms. The maximum Gasteiger partial charge on any atom is 0.308 e. The van der Waals surface area contributed by atoms with Crippen molar-refractivity contribution in [1.82, 2.24) is 10.2 Å². The lowest BCUT2D eigenvalue weighted by molar-refractivity contribution is -0.146. The molecule has 1 fully saturated rings. The smallest absolute Gasteiger partial charge is 0.308 e. The molecule has 1 aromatic carbocycles. The molecule has 2 rings (SSSR count). The third-order valence-electron chi connectivity index (χ3n) is 5.08. The van der Waals surface area contributed by atoms with Gasteiger partial charge in [-0.15, -0.1) is 0 Å². The molecule has 162 valence electrons. The van der Waals surface area contributed by atoms with E-state index in [1.54, 1.807) is 7.11 Å². The number of hydrogen-bond acceptors (Lipinski definition) is 5. The summed E-state index contributed by atoms with van der Waals surface area (Å²) in [5, 5.41) is 3.37. The summed E-state index contributed by atoms with van der Waals surface area (Å²) in [6.45, 7) is 7.87. The Kier molecular flexibility index (Phi) is 9.60. The van der Waals surface area contributed by atoms with Crippen LogP contribution in [0.5, 0.6) is 11.5 Å². The van der Waals surface area contributed by atoms with Gasteiger partial charge >= 0.3 is 5.97 Å². The summed E-state index contributed by atoms with van der Waals surface area (Å²) in [6.07, 6.45) is 3.50. The molecule has 0 radical (unpaired) electrons. The molecule has 1 aliphatic heterocycles. The number of aliphatic imine (C=N–C) groups is 1. The number of nitrogens with zero attached hydrogens (tertiary/aromatic N) is 2. The third-order valence-corrected chi connectivity index (χ3v) is 5.08. The number of benzene rings is 1. The molecule has 1 saturated heterocycles. The Hall–Kier alpha value is -2.44. The molecule has 0 unspecified atom stereocenters. The summed E-state index contributed by atoms with van der Waals surface area (Å²) in [5.41, 5.74) is 1.22. The van der Waals surface area contributed by atoms with E-state index >= 15 is 0 Å². The number of esters is 1. The fraction of sp³-hybridized carbons (Fsp3) is 0.636. The molecule has 7 heteroatoms. The van der Waals surface area contributed by atoms with Gasteiger partial charge in [-0.2, -0.15) is 0 Å². The highest BCUT2D eigenvalue weighted by Crippen LogP contribution is 2.28. The zero-order chi connectivity index (χ0) is 21.1. The Balaban J connectivity index is 1.88. The third kappa shape index (κ3) is 6.84. The molecular formula is C22H35N3O4. The zero-order valence-electron chi connectivity index (χ0n) is 18.2. The van der Waals surface area contributed by atoms with E-state index in [0.29, 0.717) is 6.61 Å². The van der Waals surface area contributed by atoms with E-state index in [1.807, 2.05) is 13.0 Å². The average Bonchev–Trinajstić information content (AvgIpc) is 2.76. The van der Waals surface area contributed by atoms with Crippen molar-refractivity contribution in [2.45, 2.75) is 39.5 Å². The number of piperidine rings is 1. The first-order valence-corrected chi connectivity index (χ1v) is 10.5. The Morgan fingerprint density at radius 2 is 1.97 bits per heavy atom. The molecule has 1 aromatic rings. The van der Waals surface area contributed by atoms with Crippen LogP contribution in [0.25, 0.3) is 0 Å². The molecule has 7 nitrogen and oxygen atoms in total. The van der Waals surface area contributed by atoms with Gasteiger partial charge in [0.05, 0.1) is 26.7 Å². The van der Waals surface area contributed by atoms with E-state index in [1.165, 1.54) is 12.7 Å². The van der Waals surface area contributed by atoms with E-state index in [-0.39, 0.29) is 11.9 Å². The number of aryl methyl sites for hydroxylation is 1. The number of carbonyl (C=O) groups excluding carboxylic acids is 1. The van der Waals surface area contributed by atoms with Crippen LogP contribution < -0.4 is 14.8 Å². The Labute approximate surface area is 174 Å². The van der Waals surface area contributed by atoms with Crippen LogP contribution >= 0.6 is 0 Å². The number of guanidine groups is 1. The van der Waals surface area contributed by atoms with Crippen molar-refractivity contribution in [1.29, 1.82) is 0 Å². The topological polar surface area (TPSA) is 72.4 Å². The summed E-state index contributed by atoms with van der Waals surface area (Å²) in [4.78, 5) is 18.8. The Morgan fingerprint density at radius 1 is 1.21 bits per heavy atom. The summed E-state index contributed by atoms with van der Waals surface area (Å²) in [5.74, 6) is 2.39. The number of methoxy groups -OCH3 is 2. The lowest BCUT2D eigenvalue weighted by Gasteiger charge is -2.33. The fourth-order valence-corrected chi connectivity index (χ4v) is 3.53. The molecule has 0 aromatic heterocycles. The van der Waals surface area contributed by atoms with E-state index in [2.05, 4.69) is 29.3 Å². The summed E-state index contributed by atoms with van der Waals surface area (Å²) < 4.78 is 15.9. The Morgan fingerprint density at radius 3 is 2.59 bits per heavy atom. The van der Waals surface area contributed by atoms with Crippen molar-refractivity contribution in [3.8, 4) is 11.5 Å². The zero-order valence-corrected chi connectivity index (χ0v) is 18.2. The van der Waals surface area contributed by atoms with Crippen LogP contribution in [0.3, 0.4) is 0 Å². The van der Waals surface area contributed by atoms with Crippen LogP contribution in [0, 0.1) is 5.92 Å². The van der Waals surface area contributed by atoms with Gasteiger partial charge in [0, 0.05) is 26.2 Å². The van der Waals surface area contributed by atoms with Crippen molar-refractivity contribution >= 4 is 11.9 Å². The Bertz CT molecular complexity index is 670. The molecule has 0 saturated carbocycles. The number of nitrogens with one attached hydrogen (secondary N) is 1. The first-order chi connectivity index (χ1) is 14.1. The summed E-state index contributed by atoms with van der Waals surface area (Å²) in [7, 11) is 3.11. The van der Waals surface area contributed by atoms with Crippen molar-refractivity contribution in [2.75, 3.05) is 47.0 Å². The molecule has 0 aliphatic carbocycles. The summed E-state index contributed by atoms with van der Waals surface area (Å²) in [6, 6.07) is 6.09. The van der Waals surface area contributed by atoms with Crippen molar-refractivity contribution in [3.63, 3.8) is 0 Å². The maximum atomic E-state index is 11.7. The number of rotatable bonds is 9. The SMILES string of the molecule is CCNC(=NCCCc1ccc(OC)c(OCC)c1)N1CCC(C(=O)OC)CC1. The van der Waals surface area contributed by atoms with Crippen LogP contribution in [0.1, 0.15) is 38.7 Å². The monoisotopic (exact) mass is 405 g/mol. The van der Waals surface area contributed by atoms with Crippen LogP contribution in [-0.2, 0) is 16.0 Å². The predicted molar refractivity (Wildman–Crippen MR) is 115 cm³/mol. The second-order valence-corrected chi connectivity index (χ2v) is 7.04. The average molecular weight is 406 g/mol. The molecule has 0 bridgehead atoms. The highest BCUT2D eigenvalue weighted by atomic mass is 16.5. The molecule has 1 heterocycles. The van der Waals surface area contributed by atoms with E-state index in [0.717, 1.165) is 69.3 Å². The quantitative estimate of drug-likeness (QED) is 0.295. The van der Waals surface area contributed by atoms with Crippen LogP contribution in [0.2, 0.25) is 0 Å². The molecular weight excluding hydrogens is 370 g/mol. The number of carbonyl (C=O) groups is 1. The first-order valence-electron chi connectivity index (χ1n) is 10.5. The van der Waals surface area contributed by atoms with E-state index < -0.39 is 0 Å². The molecule has 29 heavy (non-hydrogen) atoms. The summed E-state index contributed by atoms with van der Waals surface area (Å²) >= 11 is 0. The van der Waals surface area contributed by atoms with Gasteiger partial charge in [-0.25, -0.2) is 0 Å². The van der Waals surface area contributed by atoms with Gasteiger partial charge in [-0.1, -0.05) is 6.07 Å². The van der Waals surface area contributed by atoms with Gasteiger partial charge in [-0.05, 0) is 57.2 Å². The normalized spacial score (nSPS) is 15.2. The van der Waals surface area contributed by atoms with Gasteiger partial charge in [0.2, 0.25) is 0 Å². The lowest BCUT2D eigenvalue weighted by Crippen LogP contribution is -2.46. The number of ether oxygens (including phenoxy) is 3. The van der Waals surface area contributed by atoms with Gasteiger partial charge in [-0.3, -0.25) is 9.79 Å². The molecule has 0 amide bonds. The number of likely N-dealkylation sites (tertiary alicyclic amines) is 1. The predicted octanol–water partition coefficient (Wildman–Crippen LogP) is 2.88. The van der Waals surface area contributed by atoms with E-state index in [4.69, 9.17) is 19.2 Å². The number of hydrogen-bond donors (Lipinski definition) is 1. The van der Waals surface area contributed by atoms with Crippen LogP contribution in [-0.4, -0.2) is 63.8 Å². The fourth-order valence-electron chi connectivity index (χ4n) is 3.53. The molecule has 0 atom stereocenters. The van der Waals surface area contributed by atoms with Crippen LogP contribution in [0.4, 0.5) is 0 Å². The lowest BCUT2D eigenvalue weighted by atomic mass is 9.97. The van der Waals surface area contributed by atoms with Crippen molar-refractivity contribution in [3.05, 3.63) is 23.8 Å².